The molecule has 2 aromatic rings. The minimum absolute atomic E-state index is 0.397. The van der Waals surface area contributed by atoms with Crippen LogP contribution in [-0.2, 0) is 16.6 Å². The normalized spacial score (nSPS) is 12.1. The molecular formula is C14H14ClNO2S. The van der Waals surface area contributed by atoms with Gasteiger partial charge in [-0.2, -0.15) is 0 Å². The van der Waals surface area contributed by atoms with Gasteiger partial charge in [-0.25, -0.2) is 0 Å². The van der Waals surface area contributed by atoms with Crippen LogP contribution in [0.3, 0.4) is 0 Å². The smallest absolute Gasteiger partial charge is 0.141 e. The molecule has 100 valence electrons. The molecule has 0 saturated heterocycles. The Morgan fingerprint density at radius 1 is 1.26 bits per heavy atom. The van der Waals surface area contributed by atoms with Crippen LogP contribution in [0, 0.1) is 0 Å². The van der Waals surface area contributed by atoms with Crippen LogP contribution >= 0.6 is 11.6 Å². The van der Waals surface area contributed by atoms with E-state index in [0.717, 1.165) is 5.56 Å². The average molecular weight is 296 g/mol. The minimum Gasteiger partial charge on any atom is -0.495 e. The predicted molar refractivity (Wildman–Crippen MR) is 79.0 cm³/mol. The number of nitrogens with two attached hydrogens (primary N) is 1. The van der Waals surface area contributed by atoms with Crippen molar-refractivity contribution < 1.29 is 8.95 Å². The maximum atomic E-state index is 12.2. The molecule has 0 saturated carbocycles. The summed E-state index contributed by atoms with van der Waals surface area (Å²) in [6.45, 7) is 0. The second kappa shape index (κ2) is 6.08. The highest BCUT2D eigenvalue weighted by molar-refractivity contribution is 7.84. The predicted octanol–water partition coefficient (Wildman–Crippen LogP) is 3.24. The molecule has 2 aromatic carbocycles. The third-order valence-electron chi connectivity index (χ3n) is 2.65. The Labute approximate surface area is 119 Å². The second-order valence-corrected chi connectivity index (χ2v) is 5.91. The maximum Gasteiger partial charge on any atom is 0.141 e. The van der Waals surface area contributed by atoms with Crippen molar-refractivity contribution in [3.05, 3.63) is 53.1 Å². The Bertz CT molecular complexity index is 616. The summed E-state index contributed by atoms with van der Waals surface area (Å²) in [6, 6.07) is 12.5. The van der Waals surface area contributed by atoms with Gasteiger partial charge in [0.15, 0.2) is 0 Å². The van der Waals surface area contributed by atoms with Gasteiger partial charge < -0.3 is 10.5 Å². The van der Waals surface area contributed by atoms with Crippen LogP contribution in [0.1, 0.15) is 5.56 Å². The highest BCUT2D eigenvalue weighted by atomic mass is 35.5. The maximum absolute atomic E-state index is 12.2. The highest BCUT2D eigenvalue weighted by Crippen LogP contribution is 2.24. The van der Waals surface area contributed by atoms with Crippen molar-refractivity contribution in [1.82, 2.24) is 0 Å². The van der Waals surface area contributed by atoms with E-state index in [9.17, 15) is 4.21 Å². The van der Waals surface area contributed by atoms with E-state index in [4.69, 9.17) is 22.1 Å². The van der Waals surface area contributed by atoms with Crippen molar-refractivity contribution in [1.29, 1.82) is 0 Å². The first-order chi connectivity index (χ1) is 9.10. The average Bonchev–Trinajstić information content (AvgIpc) is 2.39. The van der Waals surface area contributed by atoms with Crippen LogP contribution < -0.4 is 10.5 Å². The molecule has 2 N–H and O–H groups in total. The highest BCUT2D eigenvalue weighted by Gasteiger charge is 2.07. The van der Waals surface area contributed by atoms with E-state index < -0.39 is 10.8 Å². The van der Waals surface area contributed by atoms with Crippen molar-refractivity contribution in [2.75, 3.05) is 12.8 Å². The molecule has 0 bridgehead atoms. The lowest BCUT2D eigenvalue weighted by Gasteiger charge is -2.07. The Morgan fingerprint density at radius 3 is 2.68 bits per heavy atom. The van der Waals surface area contributed by atoms with Gasteiger partial charge in [-0.15, -0.1) is 0 Å². The third kappa shape index (κ3) is 3.49. The lowest BCUT2D eigenvalue weighted by atomic mass is 10.2. The molecule has 19 heavy (non-hydrogen) atoms. The molecule has 0 heterocycles. The zero-order valence-electron chi connectivity index (χ0n) is 10.4. The quantitative estimate of drug-likeness (QED) is 0.881. The SMILES string of the molecule is COc1ccc(CS(=O)c2cccc(Cl)c2)cc1N. The van der Waals surface area contributed by atoms with Gasteiger partial charge in [-0.05, 0) is 35.9 Å². The van der Waals surface area contributed by atoms with E-state index in [1.54, 1.807) is 43.5 Å². The summed E-state index contributed by atoms with van der Waals surface area (Å²) in [7, 11) is 0.423. The van der Waals surface area contributed by atoms with Gasteiger partial charge >= 0.3 is 0 Å². The van der Waals surface area contributed by atoms with E-state index in [1.807, 2.05) is 6.07 Å². The molecule has 0 fully saturated rings. The molecule has 0 amide bonds. The molecule has 1 atom stereocenters. The van der Waals surface area contributed by atoms with Gasteiger partial charge in [0.05, 0.1) is 29.3 Å². The summed E-state index contributed by atoms with van der Waals surface area (Å²) in [5.74, 6) is 1.02. The first kappa shape index (κ1) is 13.9. The van der Waals surface area contributed by atoms with Crippen molar-refractivity contribution in [3.8, 4) is 5.75 Å². The number of hydrogen-bond donors (Lipinski definition) is 1. The molecule has 0 aromatic heterocycles. The standard InChI is InChI=1S/C14H14ClNO2S/c1-18-14-6-5-10(7-13(14)16)9-19(17)12-4-2-3-11(15)8-12/h2-8H,9,16H2,1H3. The number of ether oxygens (including phenoxy) is 1. The van der Waals surface area contributed by atoms with Crippen LogP contribution in [0.25, 0.3) is 0 Å². The Morgan fingerprint density at radius 2 is 2.05 bits per heavy atom. The summed E-state index contributed by atoms with van der Waals surface area (Å²) in [4.78, 5) is 0.710. The van der Waals surface area contributed by atoms with Crippen LogP contribution in [-0.4, -0.2) is 11.3 Å². The van der Waals surface area contributed by atoms with Gasteiger partial charge in [0.2, 0.25) is 0 Å². The number of halogens is 1. The van der Waals surface area contributed by atoms with E-state index in [0.29, 0.717) is 27.1 Å². The summed E-state index contributed by atoms with van der Waals surface area (Å²) < 4.78 is 17.3. The minimum atomic E-state index is -1.14. The zero-order chi connectivity index (χ0) is 13.8. The molecule has 0 radical (unpaired) electrons. The zero-order valence-corrected chi connectivity index (χ0v) is 12.0. The van der Waals surface area contributed by atoms with E-state index in [1.165, 1.54) is 0 Å². The van der Waals surface area contributed by atoms with Crippen LogP contribution in [0.15, 0.2) is 47.4 Å². The number of nitrogen functional groups attached to an aromatic ring is 1. The molecule has 2 rings (SSSR count). The van der Waals surface area contributed by atoms with Crippen molar-refractivity contribution in [2.24, 2.45) is 0 Å². The first-order valence-corrected chi connectivity index (χ1v) is 7.36. The molecule has 0 aliphatic rings. The van der Waals surface area contributed by atoms with Crippen LogP contribution in [0.4, 0.5) is 5.69 Å². The third-order valence-corrected chi connectivity index (χ3v) is 4.26. The fraction of sp³-hybridized carbons (Fsp3) is 0.143. The van der Waals surface area contributed by atoms with E-state index in [2.05, 4.69) is 0 Å². The lowest BCUT2D eigenvalue weighted by Crippen LogP contribution is -1.99. The summed E-state index contributed by atoms with van der Waals surface area (Å²) >= 11 is 5.89. The number of rotatable bonds is 4. The van der Waals surface area contributed by atoms with Gasteiger partial charge in [0.1, 0.15) is 5.75 Å². The van der Waals surface area contributed by atoms with E-state index in [-0.39, 0.29) is 0 Å². The second-order valence-electron chi connectivity index (χ2n) is 4.02. The first-order valence-electron chi connectivity index (χ1n) is 5.66. The fourth-order valence-corrected chi connectivity index (χ4v) is 3.11. The van der Waals surface area contributed by atoms with Crippen LogP contribution in [0.2, 0.25) is 5.02 Å². The molecule has 5 heteroatoms. The Balaban J connectivity index is 2.17. The summed E-state index contributed by atoms with van der Waals surface area (Å²) in [6.07, 6.45) is 0. The lowest BCUT2D eigenvalue weighted by molar-refractivity contribution is 0.417. The van der Waals surface area contributed by atoms with Crippen molar-refractivity contribution in [2.45, 2.75) is 10.6 Å². The monoisotopic (exact) mass is 295 g/mol. The van der Waals surface area contributed by atoms with Gasteiger partial charge in [0, 0.05) is 9.92 Å². The molecular weight excluding hydrogens is 282 g/mol. The Kier molecular flexibility index (Phi) is 4.45. The van der Waals surface area contributed by atoms with Gasteiger partial charge in [0.25, 0.3) is 0 Å². The van der Waals surface area contributed by atoms with Crippen molar-refractivity contribution >= 4 is 28.1 Å². The molecule has 1 unspecified atom stereocenters. The molecule has 0 spiro atoms. The fourth-order valence-electron chi connectivity index (χ4n) is 1.72. The van der Waals surface area contributed by atoms with E-state index >= 15 is 0 Å². The Hall–Kier alpha value is -1.52. The number of hydrogen-bond acceptors (Lipinski definition) is 3. The summed E-state index contributed by atoms with van der Waals surface area (Å²) in [5, 5.41) is 0.583. The molecule has 0 aliphatic carbocycles. The molecule has 0 aliphatic heterocycles. The van der Waals surface area contributed by atoms with Crippen LogP contribution in [0.5, 0.6) is 5.75 Å². The number of benzene rings is 2. The summed E-state index contributed by atoms with van der Waals surface area (Å²) in [5.41, 5.74) is 7.27. The van der Waals surface area contributed by atoms with Crippen molar-refractivity contribution in [3.63, 3.8) is 0 Å². The van der Waals surface area contributed by atoms with Gasteiger partial charge in [-0.1, -0.05) is 23.7 Å². The molecule has 3 nitrogen and oxygen atoms in total. The largest absolute Gasteiger partial charge is 0.495 e. The number of methoxy groups -OCH3 is 1. The van der Waals surface area contributed by atoms with Gasteiger partial charge in [-0.3, -0.25) is 4.21 Å². The topological polar surface area (TPSA) is 52.3 Å². The number of anilines is 1.